The average Bonchev–Trinajstić information content (AvgIpc) is 0.708. The Morgan fingerprint density at radius 3 is 0.182 bits per heavy atom. The van der Waals surface area contributed by atoms with Gasteiger partial charge in [0.2, 0.25) is 0 Å². The molecule has 121 heavy (non-hydrogen) atoms. The predicted molar refractivity (Wildman–Crippen MR) is 996 cm³/mol. The van der Waals surface area contributed by atoms with Crippen molar-refractivity contribution < 1.29 is 0 Å². The second-order valence-corrected chi connectivity index (χ2v) is 515. The van der Waals surface area contributed by atoms with Crippen LogP contribution in [0.2, 0.25) is 0 Å². The minimum Gasteiger partial charge on any atom is -0.193 e. The molecule has 0 rings (SSSR count). The van der Waals surface area contributed by atoms with E-state index < -0.39 is 413 Å². The van der Waals surface area contributed by atoms with Gasteiger partial charge in [-0.05, 0) is 363 Å². The van der Waals surface area contributed by atoms with Gasteiger partial charge in [-0.25, -0.2) is 0 Å². The molecule has 0 aromatic carbocycles. The first kappa shape index (κ1) is 172. The third kappa shape index (κ3) is 59.9. The first-order valence-corrected chi connectivity index (χ1v) is 245. The second-order valence-electron chi connectivity index (χ2n) is 19.3. The first-order valence-electron chi connectivity index (χ1n) is 27.5. The maximum absolute atomic E-state index is 16.4. The fourth-order valence-electron chi connectivity index (χ4n) is 7.52. The molecule has 0 fully saturated rings. The van der Waals surface area contributed by atoms with E-state index in [1.165, 1.54) is 0 Å². The van der Waals surface area contributed by atoms with Gasteiger partial charge in [0, 0.05) is 41.9 Å². The van der Waals surface area contributed by atoms with Crippen LogP contribution in [0.3, 0.4) is 0 Å². The number of nitrogens with zero attached hydrogens (tertiary/aromatic N) is 1. The first-order chi connectivity index (χ1) is 55.1. The van der Waals surface area contributed by atoms with Gasteiger partial charge < -0.3 is 0 Å². The summed E-state index contributed by atoms with van der Waals surface area (Å²) < 4.78 is 0. The van der Waals surface area contributed by atoms with Gasteiger partial charge in [-0.3, -0.25) is 0 Å². The molecule has 0 aliphatic carbocycles. The molecule has 0 aliphatic rings. The summed E-state index contributed by atoms with van der Waals surface area (Å²) in [4.78, 5) is 0. The summed E-state index contributed by atoms with van der Waals surface area (Å²) in [7, 11) is 227. The average molecular weight is 3830 g/mol. The molecule has 0 bridgehead atoms. The molecule has 0 N–H and O–H groups in total. The van der Waals surface area contributed by atoms with Crippen molar-refractivity contribution in [1.82, 2.24) is 0 Å². The van der Waals surface area contributed by atoms with E-state index >= 15 is 5.26 Å². The van der Waals surface area contributed by atoms with Crippen LogP contribution in [0.15, 0.2) is 0 Å². The molecule has 0 radical (unpaired) electrons. The van der Waals surface area contributed by atoms with E-state index in [1.54, 1.807) is 0 Å². The molecule has 0 aliphatic heterocycles. The standard InChI is InChI=1S/CH120NP119/c2-1-63(94(111(96(64(3)4)65(5)6)115(97(66(7)8)67(9)10)98(68(11)12)69(13)14)112(116(99(70(15)16)71(17)18)100(72(19)20)73(21)22)117(101(74(23)24)75(25)26)102(76(27)28)77(29)30)95(113(118(103(78(31)32)79(33)34)104(80(35)36)81(37)38)119(105(82(39)40)83(41)42)106(84(43)44)85(45)46)114(120(107(86(47)48)87(49)50)108(88(51)52)89(53)54)121(109(90(55)56)91(57)58)110(92(59)60)93(61)62/h3-62H2. The summed E-state index contributed by atoms with van der Waals surface area (Å²) in [6, 6.07) is 0. The van der Waals surface area contributed by atoms with E-state index in [1.807, 2.05) is 0 Å². The van der Waals surface area contributed by atoms with Crippen molar-refractivity contribution in [1.29, 1.82) is 5.26 Å². The molecule has 1 nitrogen and oxygen atoms in total. The lowest BCUT2D eigenvalue weighted by atomic mass is 11.8. The normalized spacial score (nSPS) is 15.4. The summed E-state index contributed by atoms with van der Waals surface area (Å²) in [6.07, 6.45) is 0. The van der Waals surface area contributed by atoms with Gasteiger partial charge in [-0.1, -0.05) is 0 Å². The molecular weight excluding hydrogens is 3710 g/mol. The summed E-state index contributed by atoms with van der Waals surface area (Å²) >= 11 is 0. The van der Waals surface area contributed by atoms with Crippen LogP contribution in [0.4, 0.5) is 0 Å². The maximum atomic E-state index is 16.4. The highest BCUT2D eigenvalue weighted by Crippen LogP contribution is 3.55. The van der Waals surface area contributed by atoms with Crippen molar-refractivity contribution in [3.8, 4) is 5.81 Å². The Bertz CT molecular complexity index is 2210. The van der Waals surface area contributed by atoms with Crippen molar-refractivity contribution in [3.05, 3.63) is 0 Å². The van der Waals surface area contributed by atoms with Crippen molar-refractivity contribution in [2.24, 2.45) is 0 Å². The molecule has 0 aromatic rings. The molecule has 120 heteroatoms. The van der Waals surface area contributed by atoms with E-state index in [4.69, 9.17) is 5.81 Å². The molecule has 0 spiro atoms. The van der Waals surface area contributed by atoms with E-state index in [0.717, 1.165) is 0 Å². The summed E-state index contributed by atoms with van der Waals surface area (Å²) in [5.74, 6) is 4.72. The highest BCUT2D eigenvalue weighted by molar-refractivity contribution is 9.60. The van der Waals surface area contributed by atoms with Crippen LogP contribution in [-0.4, -0.2) is 0 Å². The lowest BCUT2D eigenvalue weighted by Crippen LogP contribution is -1.78. The highest BCUT2D eigenvalue weighted by atomic mass is 33.7. The van der Waals surface area contributed by atoms with Gasteiger partial charge in [0.05, 0.1) is 13.1 Å². The zero-order chi connectivity index (χ0) is 95.8. The predicted octanol–water partition coefficient (Wildman–Crippen LogP) is 70.4. The SMILES string of the molecule is N#CP(P(P(P(P(P)P)P(P)P)P(P(P(P)P)P(P)P)P(P(P)P)P(P)P)P(P(P(P(P)P)P(P)P)P(P(P)P)P(P)P)P(P(P(P)P)P(P)P)P(P(P)P)P(P)P)P(P(P(P(P(P)P)P(P)P)P(P(P)P)P(P)P)P(P(P(P)P)P(P)P)P(P(P)P)P(P)P)P(P(P(P(P)P)P(P)P)P(P(P)P)P(P)P)P(P(P(P)P)P(P)P)P(P(P)P)P(P)P. The van der Waals surface area contributed by atoms with Crippen LogP contribution < -0.4 is 0 Å². The molecular formula is CH120NP119. The monoisotopic (exact) mass is 3830 g/mol. The van der Waals surface area contributed by atoms with Gasteiger partial charge in [0.25, 0.3) is 0 Å². The Morgan fingerprint density at radius 1 is 0.0826 bits per heavy atom. The molecule has 0 saturated carbocycles. The number of hydrogen-bond donors (Lipinski definition) is 0. The van der Waals surface area contributed by atoms with Crippen LogP contribution >= 0.6 is 948 Å². The number of rotatable bonds is 58. The Balaban J connectivity index is 16.0. The topological polar surface area (TPSA) is 23.8 Å². The highest BCUT2D eigenvalue weighted by Gasteiger charge is 2.69. The fraction of sp³-hybridized carbons (Fsp3) is 0. The van der Waals surface area contributed by atoms with Crippen molar-refractivity contribution in [2.45, 2.75) is 0 Å². The molecule has 0 heterocycles. The van der Waals surface area contributed by atoms with Crippen LogP contribution in [0.1, 0.15) is 0 Å². The Morgan fingerprint density at radius 2 is 0.132 bits per heavy atom. The second kappa shape index (κ2) is 94.0. The Labute approximate surface area is 943 Å². The van der Waals surface area contributed by atoms with E-state index in [9.17, 15) is 0 Å². The Hall–Kier alpha value is 50.7. The molecule has 63 unspecified atom stereocenters. The van der Waals surface area contributed by atoms with Gasteiger partial charge in [-0.15, -0.1) is 536 Å². The molecule has 724 valence electrons. The number of nitriles is 1. The zero-order valence-electron chi connectivity index (χ0n) is 62.0. The van der Waals surface area contributed by atoms with E-state index in [0.29, 0.717) is 0 Å². The quantitative estimate of drug-likeness (QED) is 0.0557. The third-order valence-corrected chi connectivity index (χ3v) is 857. The molecule has 0 aromatic heterocycles. The van der Waals surface area contributed by atoms with Crippen molar-refractivity contribution >= 4 is 948 Å². The Kier molecular flexibility index (Phi) is 133. The van der Waals surface area contributed by atoms with Gasteiger partial charge in [0.1, 0.15) is 0 Å². The van der Waals surface area contributed by atoms with E-state index in [-0.39, 0.29) is 0 Å². The molecule has 63 atom stereocenters. The fourth-order valence-corrected chi connectivity index (χ4v) is 1780. The minimum absolute atomic E-state index is 0.543. The van der Waals surface area contributed by atoms with Gasteiger partial charge in [-0.2, -0.15) is 5.26 Å². The summed E-state index contributed by atoms with van der Waals surface area (Å²) in [5, 5.41) is 16.4. The lowest BCUT2D eigenvalue weighted by Gasteiger charge is -2.63. The van der Waals surface area contributed by atoms with Gasteiger partial charge in [0.15, 0.2) is 0 Å². The zero-order valence-corrected chi connectivity index (χ0v) is 184. The smallest absolute Gasteiger partial charge is 0.0981 e. The van der Waals surface area contributed by atoms with Crippen molar-refractivity contribution in [3.63, 3.8) is 0 Å². The van der Waals surface area contributed by atoms with Gasteiger partial charge >= 0.3 is 0 Å². The van der Waals surface area contributed by atoms with E-state index in [2.05, 4.69) is 536 Å². The van der Waals surface area contributed by atoms with Crippen LogP contribution in [-0.2, 0) is 0 Å². The number of hydrogen-bond acceptors (Lipinski definition) is 1. The van der Waals surface area contributed by atoms with Crippen LogP contribution in [0.25, 0.3) is 0 Å². The molecule has 0 saturated heterocycles. The lowest BCUT2D eigenvalue weighted by molar-refractivity contribution is 1.57. The van der Waals surface area contributed by atoms with Crippen LogP contribution in [0.5, 0.6) is 0 Å². The van der Waals surface area contributed by atoms with Crippen LogP contribution in [0, 0.1) is 11.1 Å². The largest absolute Gasteiger partial charge is 0.193 e. The minimum atomic E-state index is -1.41. The summed E-state index contributed by atoms with van der Waals surface area (Å²) in [6.45, 7) is -36.2. The maximum Gasteiger partial charge on any atom is 0.0981 e. The molecule has 0 amide bonds. The summed E-state index contributed by atoms with van der Waals surface area (Å²) in [5.41, 5.74) is 0. The third-order valence-electron chi connectivity index (χ3n) is 10.8. The van der Waals surface area contributed by atoms with Crippen molar-refractivity contribution in [2.75, 3.05) is 0 Å².